The van der Waals surface area contributed by atoms with Crippen LogP contribution in [0.3, 0.4) is 0 Å². The number of hydrogen-bond donors (Lipinski definition) is 2. The molecule has 1 aromatic rings. The van der Waals surface area contributed by atoms with Crippen molar-refractivity contribution in [3.63, 3.8) is 0 Å². The summed E-state index contributed by atoms with van der Waals surface area (Å²) in [5, 5.41) is 5.84. The van der Waals surface area contributed by atoms with Crippen molar-refractivity contribution < 1.29 is 9.59 Å². The Hall–Kier alpha value is -2.04. The van der Waals surface area contributed by atoms with Gasteiger partial charge in [-0.2, -0.15) is 0 Å². The van der Waals surface area contributed by atoms with Crippen molar-refractivity contribution in [2.24, 2.45) is 0 Å². The first-order valence-electron chi connectivity index (χ1n) is 7.88. The molecule has 0 aromatic heterocycles. The Bertz CT molecular complexity index is 517. The molecule has 0 spiro atoms. The second kappa shape index (κ2) is 7.29. The minimum absolute atomic E-state index is 0.00635. The van der Waals surface area contributed by atoms with Crippen LogP contribution in [0.2, 0.25) is 0 Å². The van der Waals surface area contributed by atoms with E-state index >= 15 is 0 Å². The smallest absolute Gasteiger partial charge is 0.321 e. The lowest BCUT2D eigenvalue weighted by molar-refractivity contribution is -0.119. The maximum atomic E-state index is 12.2. The number of carbonyl (C=O) groups is 2. The molecule has 5 nitrogen and oxygen atoms in total. The van der Waals surface area contributed by atoms with Crippen LogP contribution >= 0.6 is 0 Å². The zero-order chi connectivity index (χ0) is 16.1. The van der Waals surface area contributed by atoms with Crippen LogP contribution in [0.25, 0.3) is 0 Å². The number of nitrogens with zero attached hydrogens (tertiary/aromatic N) is 1. The quantitative estimate of drug-likeness (QED) is 0.902. The lowest BCUT2D eigenvalue weighted by atomic mass is 10.0. The Morgan fingerprint density at radius 1 is 1.14 bits per heavy atom. The van der Waals surface area contributed by atoms with E-state index in [9.17, 15) is 9.59 Å². The first-order valence-corrected chi connectivity index (χ1v) is 7.88. The summed E-state index contributed by atoms with van der Waals surface area (Å²) in [5.41, 5.74) is 2.08. The molecule has 0 saturated carbocycles. The van der Waals surface area contributed by atoms with Crippen molar-refractivity contribution >= 4 is 17.6 Å². The normalized spacial score (nSPS) is 15.7. The molecule has 0 atom stereocenters. The molecule has 0 unspecified atom stereocenters. The van der Waals surface area contributed by atoms with Crippen molar-refractivity contribution in [3.05, 3.63) is 29.8 Å². The van der Waals surface area contributed by atoms with Crippen LogP contribution < -0.4 is 10.6 Å². The van der Waals surface area contributed by atoms with Crippen LogP contribution in [0.15, 0.2) is 24.3 Å². The molecule has 1 saturated heterocycles. The van der Waals surface area contributed by atoms with Crippen molar-refractivity contribution in [3.8, 4) is 0 Å². The van der Waals surface area contributed by atoms with Gasteiger partial charge in [-0.1, -0.05) is 26.0 Å². The largest absolute Gasteiger partial charge is 0.353 e. The highest BCUT2D eigenvalue weighted by atomic mass is 16.2. The average molecular weight is 303 g/mol. The average Bonchev–Trinajstić information content (AvgIpc) is 2.48. The molecule has 1 aliphatic rings. The summed E-state index contributed by atoms with van der Waals surface area (Å²) in [7, 11) is 0. The van der Waals surface area contributed by atoms with E-state index in [1.807, 2.05) is 24.3 Å². The zero-order valence-corrected chi connectivity index (χ0v) is 13.6. The molecule has 2 rings (SSSR count). The minimum atomic E-state index is -0.0708. The SMILES string of the molecule is CC(=O)NC1CCN(C(=O)Nc2ccc(C(C)C)cc2)CC1. The van der Waals surface area contributed by atoms with E-state index in [0.29, 0.717) is 19.0 Å². The van der Waals surface area contributed by atoms with E-state index in [0.717, 1.165) is 18.5 Å². The van der Waals surface area contributed by atoms with Crippen LogP contribution in [0.4, 0.5) is 10.5 Å². The fourth-order valence-corrected chi connectivity index (χ4v) is 2.67. The Morgan fingerprint density at radius 2 is 1.73 bits per heavy atom. The summed E-state index contributed by atoms with van der Waals surface area (Å²) in [6.07, 6.45) is 1.61. The molecule has 0 radical (unpaired) electrons. The van der Waals surface area contributed by atoms with Crippen LogP contribution in [-0.2, 0) is 4.79 Å². The predicted molar refractivity (Wildman–Crippen MR) is 88.0 cm³/mol. The number of benzene rings is 1. The first kappa shape index (κ1) is 16.3. The van der Waals surface area contributed by atoms with Gasteiger partial charge in [0.25, 0.3) is 0 Å². The number of hydrogen-bond acceptors (Lipinski definition) is 2. The highest BCUT2D eigenvalue weighted by Gasteiger charge is 2.23. The molecule has 1 aliphatic heterocycles. The van der Waals surface area contributed by atoms with Crippen molar-refractivity contribution in [2.75, 3.05) is 18.4 Å². The molecular formula is C17H25N3O2. The number of nitrogens with one attached hydrogen (secondary N) is 2. The van der Waals surface area contributed by atoms with Crippen molar-refractivity contribution in [2.45, 2.75) is 45.6 Å². The van der Waals surface area contributed by atoms with Crippen LogP contribution in [0.1, 0.15) is 45.1 Å². The van der Waals surface area contributed by atoms with E-state index in [1.54, 1.807) is 4.90 Å². The third-order valence-electron chi connectivity index (χ3n) is 4.02. The molecular weight excluding hydrogens is 278 g/mol. The van der Waals surface area contributed by atoms with Gasteiger partial charge in [-0.25, -0.2) is 4.79 Å². The first-order chi connectivity index (χ1) is 10.5. The van der Waals surface area contributed by atoms with Crippen LogP contribution in [-0.4, -0.2) is 36.0 Å². The molecule has 120 valence electrons. The maximum Gasteiger partial charge on any atom is 0.321 e. The lowest BCUT2D eigenvalue weighted by Crippen LogP contribution is -2.47. The number of rotatable bonds is 3. The van der Waals surface area contributed by atoms with Gasteiger partial charge in [0, 0.05) is 31.7 Å². The summed E-state index contributed by atoms with van der Waals surface area (Å²) in [5.74, 6) is 0.477. The third kappa shape index (κ3) is 4.48. The molecule has 5 heteroatoms. The molecule has 2 N–H and O–H groups in total. The Balaban J connectivity index is 1.84. The van der Waals surface area contributed by atoms with Gasteiger partial charge in [-0.15, -0.1) is 0 Å². The third-order valence-corrected chi connectivity index (χ3v) is 4.02. The standard InChI is InChI=1S/C17H25N3O2/c1-12(2)14-4-6-15(7-5-14)19-17(22)20-10-8-16(9-11-20)18-13(3)21/h4-7,12,16H,8-11H2,1-3H3,(H,18,21)(H,19,22). The summed E-state index contributed by atoms with van der Waals surface area (Å²) in [6, 6.07) is 8.09. The van der Waals surface area contributed by atoms with E-state index < -0.39 is 0 Å². The Morgan fingerprint density at radius 3 is 2.23 bits per heavy atom. The summed E-state index contributed by atoms with van der Waals surface area (Å²) < 4.78 is 0. The van der Waals surface area contributed by atoms with E-state index in [1.165, 1.54) is 12.5 Å². The van der Waals surface area contributed by atoms with Gasteiger partial charge in [-0.05, 0) is 36.5 Å². The van der Waals surface area contributed by atoms with Crippen molar-refractivity contribution in [1.82, 2.24) is 10.2 Å². The fourth-order valence-electron chi connectivity index (χ4n) is 2.67. The summed E-state index contributed by atoms with van der Waals surface area (Å²) in [4.78, 5) is 25.1. The van der Waals surface area contributed by atoms with Gasteiger partial charge in [0.05, 0.1) is 0 Å². The van der Waals surface area contributed by atoms with Crippen molar-refractivity contribution in [1.29, 1.82) is 0 Å². The van der Waals surface area contributed by atoms with E-state index in [4.69, 9.17) is 0 Å². The highest BCUT2D eigenvalue weighted by Crippen LogP contribution is 2.18. The van der Waals surface area contributed by atoms with Gasteiger partial charge in [0.1, 0.15) is 0 Å². The second-order valence-electron chi connectivity index (χ2n) is 6.17. The Labute approximate surface area is 132 Å². The second-order valence-corrected chi connectivity index (χ2v) is 6.17. The van der Waals surface area contributed by atoms with Crippen LogP contribution in [0, 0.1) is 0 Å². The molecule has 22 heavy (non-hydrogen) atoms. The Kier molecular flexibility index (Phi) is 5.41. The molecule has 3 amide bonds. The fraction of sp³-hybridized carbons (Fsp3) is 0.529. The van der Waals surface area contributed by atoms with Gasteiger partial charge < -0.3 is 15.5 Å². The topological polar surface area (TPSA) is 61.4 Å². The number of urea groups is 1. The zero-order valence-electron chi connectivity index (χ0n) is 13.6. The maximum absolute atomic E-state index is 12.2. The summed E-state index contributed by atoms with van der Waals surface area (Å²) in [6.45, 7) is 7.15. The minimum Gasteiger partial charge on any atom is -0.353 e. The van der Waals surface area contributed by atoms with Gasteiger partial charge >= 0.3 is 6.03 Å². The monoisotopic (exact) mass is 303 g/mol. The number of carbonyl (C=O) groups excluding carboxylic acids is 2. The molecule has 1 fully saturated rings. The predicted octanol–water partition coefficient (Wildman–Crippen LogP) is 2.94. The number of likely N-dealkylation sites (tertiary alicyclic amines) is 1. The molecule has 1 heterocycles. The number of anilines is 1. The van der Waals surface area contributed by atoms with Gasteiger partial charge in [-0.3, -0.25) is 4.79 Å². The number of amides is 3. The molecule has 0 aliphatic carbocycles. The molecule has 1 aromatic carbocycles. The highest BCUT2D eigenvalue weighted by molar-refractivity contribution is 5.89. The van der Waals surface area contributed by atoms with Crippen LogP contribution in [0.5, 0.6) is 0 Å². The van der Waals surface area contributed by atoms with E-state index in [2.05, 4.69) is 24.5 Å². The lowest BCUT2D eigenvalue weighted by Gasteiger charge is -2.32. The number of piperidine rings is 1. The summed E-state index contributed by atoms with van der Waals surface area (Å²) >= 11 is 0. The van der Waals surface area contributed by atoms with Gasteiger partial charge in [0.15, 0.2) is 0 Å². The molecule has 0 bridgehead atoms. The van der Waals surface area contributed by atoms with Gasteiger partial charge in [0.2, 0.25) is 5.91 Å². The van der Waals surface area contributed by atoms with E-state index in [-0.39, 0.29) is 18.0 Å².